The molecular formula is C21H19N3O2S. The van der Waals surface area contributed by atoms with Crippen LogP contribution in [0.1, 0.15) is 12.0 Å². The number of rotatable bonds is 5. The van der Waals surface area contributed by atoms with Crippen LogP contribution >= 0.6 is 11.3 Å². The average Bonchev–Trinajstić information content (AvgIpc) is 3.37. The van der Waals surface area contributed by atoms with E-state index in [4.69, 9.17) is 0 Å². The van der Waals surface area contributed by atoms with E-state index in [0.717, 1.165) is 21.8 Å². The molecule has 3 aromatic rings. The van der Waals surface area contributed by atoms with Gasteiger partial charge in [0.15, 0.2) is 0 Å². The van der Waals surface area contributed by atoms with Crippen LogP contribution in [0.4, 0.5) is 5.69 Å². The summed E-state index contributed by atoms with van der Waals surface area (Å²) in [7, 11) is 0. The van der Waals surface area contributed by atoms with Crippen molar-refractivity contribution >= 4 is 28.8 Å². The van der Waals surface area contributed by atoms with E-state index >= 15 is 0 Å². The SMILES string of the molecule is O=C(NCc1ccnc(-c2cccs2)c1)[C@@H]1CC(=O)N(c2ccccc2)C1. The summed E-state index contributed by atoms with van der Waals surface area (Å²) in [6, 6.07) is 17.4. The van der Waals surface area contributed by atoms with Gasteiger partial charge in [0.1, 0.15) is 0 Å². The lowest BCUT2D eigenvalue weighted by atomic mass is 10.1. The smallest absolute Gasteiger partial charge is 0.227 e. The Labute approximate surface area is 161 Å². The van der Waals surface area contributed by atoms with E-state index in [2.05, 4.69) is 10.3 Å². The van der Waals surface area contributed by atoms with Crippen LogP contribution in [0, 0.1) is 5.92 Å². The minimum atomic E-state index is -0.323. The number of nitrogens with one attached hydrogen (secondary N) is 1. The molecule has 0 bridgehead atoms. The number of nitrogens with zero attached hydrogens (tertiary/aromatic N) is 2. The summed E-state index contributed by atoms with van der Waals surface area (Å²) in [5.41, 5.74) is 2.74. The van der Waals surface area contributed by atoms with Crippen molar-refractivity contribution in [2.45, 2.75) is 13.0 Å². The largest absolute Gasteiger partial charge is 0.352 e. The monoisotopic (exact) mass is 377 g/mol. The van der Waals surface area contributed by atoms with Crippen molar-refractivity contribution in [1.82, 2.24) is 10.3 Å². The van der Waals surface area contributed by atoms with Gasteiger partial charge in [-0.3, -0.25) is 14.6 Å². The molecule has 5 nitrogen and oxygen atoms in total. The summed E-state index contributed by atoms with van der Waals surface area (Å²) in [5, 5.41) is 4.98. The molecule has 2 aromatic heterocycles. The number of anilines is 1. The second-order valence-corrected chi connectivity index (χ2v) is 7.43. The first-order valence-electron chi connectivity index (χ1n) is 8.82. The summed E-state index contributed by atoms with van der Waals surface area (Å²) >= 11 is 1.64. The molecule has 1 aromatic carbocycles. The van der Waals surface area contributed by atoms with Crippen LogP contribution in [-0.2, 0) is 16.1 Å². The Morgan fingerprint density at radius 3 is 2.81 bits per heavy atom. The van der Waals surface area contributed by atoms with Gasteiger partial charge in [-0.1, -0.05) is 24.3 Å². The number of carbonyl (C=O) groups is 2. The molecule has 4 rings (SSSR count). The summed E-state index contributed by atoms with van der Waals surface area (Å²) in [6.07, 6.45) is 2.00. The average molecular weight is 377 g/mol. The summed E-state index contributed by atoms with van der Waals surface area (Å²) in [4.78, 5) is 32.0. The highest BCUT2D eigenvalue weighted by atomic mass is 32.1. The molecule has 27 heavy (non-hydrogen) atoms. The van der Waals surface area contributed by atoms with Gasteiger partial charge >= 0.3 is 0 Å². The Bertz CT molecular complexity index is 941. The maximum atomic E-state index is 12.6. The maximum absolute atomic E-state index is 12.6. The number of carbonyl (C=O) groups excluding carboxylic acids is 2. The zero-order chi connectivity index (χ0) is 18.6. The number of pyridine rings is 1. The minimum absolute atomic E-state index is 0.00903. The Balaban J connectivity index is 1.38. The van der Waals surface area contributed by atoms with Crippen LogP contribution in [0.2, 0.25) is 0 Å². The zero-order valence-electron chi connectivity index (χ0n) is 14.7. The van der Waals surface area contributed by atoms with Crippen molar-refractivity contribution in [2.24, 2.45) is 5.92 Å². The number of benzene rings is 1. The van der Waals surface area contributed by atoms with Crippen LogP contribution in [0.15, 0.2) is 66.2 Å². The van der Waals surface area contributed by atoms with Crippen LogP contribution in [-0.4, -0.2) is 23.3 Å². The quantitative estimate of drug-likeness (QED) is 0.740. The Morgan fingerprint density at radius 2 is 2.04 bits per heavy atom. The number of thiophene rings is 1. The lowest BCUT2D eigenvalue weighted by Crippen LogP contribution is -2.32. The molecule has 1 N–H and O–H groups in total. The molecule has 0 aliphatic carbocycles. The second kappa shape index (κ2) is 7.72. The first kappa shape index (κ1) is 17.4. The third-order valence-corrected chi connectivity index (χ3v) is 5.52. The third kappa shape index (κ3) is 3.90. The molecule has 1 saturated heterocycles. The Morgan fingerprint density at radius 1 is 1.19 bits per heavy atom. The van der Waals surface area contributed by atoms with Crippen molar-refractivity contribution in [3.05, 3.63) is 71.7 Å². The van der Waals surface area contributed by atoms with E-state index < -0.39 is 0 Å². The summed E-state index contributed by atoms with van der Waals surface area (Å²) < 4.78 is 0. The molecule has 0 saturated carbocycles. The highest BCUT2D eigenvalue weighted by Crippen LogP contribution is 2.25. The fourth-order valence-corrected chi connectivity index (χ4v) is 3.91. The van der Waals surface area contributed by atoms with Gasteiger partial charge < -0.3 is 10.2 Å². The van der Waals surface area contributed by atoms with Crippen LogP contribution in [0.5, 0.6) is 0 Å². The van der Waals surface area contributed by atoms with E-state index in [0.29, 0.717) is 13.1 Å². The van der Waals surface area contributed by atoms with Crippen molar-refractivity contribution in [3.8, 4) is 10.6 Å². The minimum Gasteiger partial charge on any atom is -0.352 e. The zero-order valence-corrected chi connectivity index (χ0v) is 15.5. The molecule has 1 aliphatic rings. The molecule has 3 heterocycles. The normalized spacial score (nSPS) is 16.5. The van der Waals surface area contributed by atoms with Crippen LogP contribution in [0.25, 0.3) is 10.6 Å². The van der Waals surface area contributed by atoms with Gasteiger partial charge in [0.2, 0.25) is 11.8 Å². The molecule has 1 aliphatic heterocycles. The molecular weight excluding hydrogens is 358 g/mol. The van der Waals surface area contributed by atoms with Crippen LogP contribution < -0.4 is 10.2 Å². The van der Waals surface area contributed by atoms with Gasteiger partial charge in [-0.25, -0.2) is 0 Å². The van der Waals surface area contributed by atoms with Crippen molar-refractivity contribution < 1.29 is 9.59 Å². The maximum Gasteiger partial charge on any atom is 0.227 e. The van der Waals surface area contributed by atoms with E-state index in [1.807, 2.05) is 60.0 Å². The fourth-order valence-electron chi connectivity index (χ4n) is 3.22. The second-order valence-electron chi connectivity index (χ2n) is 6.49. The molecule has 2 amide bonds. The molecule has 0 spiro atoms. The van der Waals surface area contributed by atoms with Gasteiger partial charge in [-0.15, -0.1) is 11.3 Å². The van der Waals surface area contributed by atoms with Gasteiger partial charge in [0, 0.05) is 31.4 Å². The predicted octanol–water partition coefficient (Wildman–Crippen LogP) is 3.48. The summed E-state index contributed by atoms with van der Waals surface area (Å²) in [5.74, 6) is -0.419. The van der Waals surface area contributed by atoms with E-state index in [1.54, 1.807) is 22.4 Å². The third-order valence-electron chi connectivity index (χ3n) is 4.63. The fraction of sp³-hybridized carbons (Fsp3) is 0.190. The van der Waals surface area contributed by atoms with E-state index in [1.165, 1.54) is 0 Å². The topological polar surface area (TPSA) is 62.3 Å². The number of aromatic nitrogens is 1. The van der Waals surface area contributed by atoms with Crippen molar-refractivity contribution in [1.29, 1.82) is 0 Å². The molecule has 136 valence electrons. The number of hydrogen-bond donors (Lipinski definition) is 1. The Kier molecular flexibility index (Phi) is 4.98. The first-order valence-corrected chi connectivity index (χ1v) is 9.70. The van der Waals surface area contributed by atoms with Gasteiger partial charge in [0.25, 0.3) is 0 Å². The molecule has 0 unspecified atom stereocenters. The lowest BCUT2D eigenvalue weighted by molar-refractivity contribution is -0.126. The lowest BCUT2D eigenvalue weighted by Gasteiger charge is -2.16. The highest BCUT2D eigenvalue weighted by molar-refractivity contribution is 7.13. The molecule has 1 atom stereocenters. The predicted molar refractivity (Wildman–Crippen MR) is 106 cm³/mol. The van der Waals surface area contributed by atoms with Crippen molar-refractivity contribution in [2.75, 3.05) is 11.4 Å². The van der Waals surface area contributed by atoms with E-state index in [9.17, 15) is 9.59 Å². The van der Waals surface area contributed by atoms with Crippen molar-refractivity contribution in [3.63, 3.8) is 0 Å². The van der Waals surface area contributed by atoms with Gasteiger partial charge in [0.05, 0.1) is 16.5 Å². The standard InChI is InChI=1S/C21H19N3O2S/c25-20-12-16(14-24(20)17-5-2-1-3-6-17)21(26)23-13-15-8-9-22-18(11-15)19-7-4-10-27-19/h1-11,16H,12-14H2,(H,23,26)/t16-/m1/s1. The number of amides is 2. The van der Waals surface area contributed by atoms with Gasteiger partial charge in [-0.2, -0.15) is 0 Å². The number of hydrogen-bond acceptors (Lipinski definition) is 4. The highest BCUT2D eigenvalue weighted by Gasteiger charge is 2.34. The molecule has 0 radical (unpaired) electrons. The van der Waals surface area contributed by atoms with Crippen LogP contribution in [0.3, 0.4) is 0 Å². The molecule has 1 fully saturated rings. The Hall–Kier alpha value is -2.99. The summed E-state index contributed by atoms with van der Waals surface area (Å²) in [6.45, 7) is 0.848. The van der Waals surface area contributed by atoms with Gasteiger partial charge in [-0.05, 0) is 41.3 Å². The first-order chi connectivity index (χ1) is 13.2. The number of para-hydroxylation sites is 1. The van der Waals surface area contributed by atoms with E-state index in [-0.39, 0.29) is 24.2 Å². The molecule has 6 heteroatoms.